The van der Waals surface area contributed by atoms with Crippen molar-refractivity contribution in [2.24, 2.45) is 17.6 Å². The molecule has 1 aromatic rings. The Labute approximate surface area is 211 Å². The summed E-state index contributed by atoms with van der Waals surface area (Å²) in [6, 6.07) is 3.73. The highest BCUT2D eigenvalue weighted by molar-refractivity contribution is 6.02. The number of fused-ring (bicyclic) bond motifs is 1. The second kappa shape index (κ2) is 12.2. The van der Waals surface area contributed by atoms with Crippen LogP contribution in [0.1, 0.15) is 60.0 Å². The number of aromatic hydroxyl groups is 1. The maximum absolute atomic E-state index is 13.1. The molecule has 10 nitrogen and oxygen atoms in total. The molecule has 1 fully saturated rings. The van der Waals surface area contributed by atoms with Crippen molar-refractivity contribution >= 4 is 17.5 Å². The second-order valence-electron chi connectivity index (χ2n) is 10.3. The van der Waals surface area contributed by atoms with Gasteiger partial charge in [0.05, 0.1) is 18.6 Å². The van der Waals surface area contributed by atoms with Crippen LogP contribution < -0.4 is 11.1 Å². The van der Waals surface area contributed by atoms with Crippen LogP contribution in [0.25, 0.3) is 0 Å². The third-order valence-electron chi connectivity index (χ3n) is 7.76. The number of Topliss-reactive ketones (excluding diaryl/α,β-unsaturated/α-hetero) is 2. The molecule has 2 unspecified atom stereocenters. The number of primary amides is 1. The van der Waals surface area contributed by atoms with E-state index in [-0.39, 0.29) is 43.3 Å². The second-order valence-corrected chi connectivity index (χ2v) is 10.3. The zero-order chi connectivity index (χ0) is 26.5. The van der Waals surface area contributed by atoms with Gasteiger partial charge in [-0.05, 0) is 81.3 Å². The SMILES string of the molecule is CN1CCC(NCc2ccc(O)c3c2CC(CC(CCO)[C@](O)(CO)C(=O)CC(N)=O)CC3=O)CC1. The molecule has 3 rings (SSSR count). The summed E-state index contributed by atoms with van der Waals surface area (Å²) in [5, 5.41) is 44.5. The van der Waals surface area contributed by atoms with Crippen molar-refractivity contribution in [3.05, 3.63) is 28.8 Å². The van der Waals surface area contributed by atoms with E-state index in [4.69, 9.17) is 5.73 Å². The molecule has 1 aliphatic heterocycles. The molecule has 1 amide bonds. The maximum Gasteiger partial charge on any atom is 0.224 e. The molecule has 36 heavy (non-hydrogen) atoms. The van der Waals surface area contributed by atoms with Gasteiger partial charge in [-0.2, -0.15) is 0 Å². The first kappa shape index (κ1) is 28.2. The van der Waals surface area contributed by atoms with E-state index in [9.17, 15) is 34.8 Å². The Morgan fingerprint density at radius 3 is 2.53 bits per heavy atom. The molecule has 0 radical (unpaired) electrons. The van der Waals surface area contributed by atoms with E-state index in [1.54, 1.807) is 6.07 Å². The molecule has 10 heteroatoms. The Kier molecular flexibility index (Phi) is 9.59. The fourth-order valence-corrected chi connectivity index (χ4v) is 5.61. The number of hydrogen-bond acceptors (Lipinski definition) is 9. The molecular formula is C26H39N3O7. The van der Waals surface area contributed by atoms with E-state index in [1.165, 1.54) is 0 Å². The highest BCUT2D eigenvalue weighted by atomic mass is 16.3. The van der Waals surface area contributed by atoms with Gasteiger partial charge >= 0.3 is 0 Å². The monoisotopic (exact) mass is 505 g/mol. The van der Waals surface area contributed by atoms with Gasteiger partial charge in [0.15, 0.2) is 11.6 Å². The van der Waals surface area contributed by atoms with Crippen molar-refractivity contribution in [3.63, 3.8) is 0 Å². The molecule has 1 saturated heterocycles. The number of carbonyl (C=O) groups excluding carboxylic acids is 3. The third-order valence-corrected chi connectivity index (χ3v) is 7.76. The minimum atomic E-state index is -2.25. The highest BCUT2D eigenvalue weighted by Crippen LogP contribution is 2.39. The van der Waals surface area contributed by atoms with Crippen molar-refractivity contribution in [2.75, 3.05) is 33.4 Å². The zero-order valence-corrected chi connectivity index (χ0v) is 20.9. The fourth-order valence-electron chi connectivity index (χ4n) is 5.61. The van der Waals surface area contributed by atoms with Crippen LogP contribution in [0.3, 0.4) is 0 Å². The van der Waals surface area contributed by atoms with E-state index in [2.05, 4.69) is 17.3 Å². The lowest BCUT2D eigenvalue weighted by Crippen LogP contribution is -2.51. The lowest BCUT2D eigenvalue weighted by Gasteiger charge is -2.36. The molecule has 7 N–H and O–H groups in total. The summed E-state index contributed by atoms with van der Waals surface area (Å²) in [4.78, 5) is 39.2. The summed E-state index contributed by atoms with van der Waals surface area (Å²) in [6.45, 7) is 1.31. The molecule has 200 valence electrons. The molecular weight excluding hydrogens is 466 g/mol. The number of aliphatic hydroxyl groups excluding tert-OH is 2. The minimum Gasteiger partial charge on any atom is -0.507 e. The summed E-state index contributed by atoms with van der Waals surface area (Å²) < 4.78 is 0. The zero-order valence-electron chi connectivity index (χ0n) is 20.9. The topological polar surface area (TPSA) is 173 Å². The molecule has 1 aliphatic carbocycles. The van der Waals surface area contributed by atoms with Crippen LogP contribution in [0, 0.1) is 11.8 Å². The predicted octanol–water partition coefficient (Wildman–Crippen LogP) is -0.122. The Hall–Kier alpha value is -2.37. The molecule has 1 aromatic carbocycles. The summed E-state index contributed by atoms with van der Waals surface area (Å²) in [6.07, 6.45) is 2.04. The minimum absolute atomic E-state index is 0.00366. The lowest BCUT2D eigenvalue weighted by atomic mass is 9.71. The Balaban J connectivity index is 1.80. The quantitative estimate of drug-likeness (QED) is 0.212. The number of phenolic OH excluding ortho intramolecular Hbond substituents is 1. The first-order valence-electron chi connectivity index (χ1n) is 12.6. The first-order chi connectivity index (χ1) is 17.1. The Morgan fingerprint density at radius 1 is 1.22 bits per heavy atom. The number of nitrogens with two attached hydrogens (primary N) is 1. The average Bonchev–Trinajstić information content (AvgIpc) is 2.83. The van der Waals surface area contributed by atoms with E-state index in [0.29, 0.717) is 24.6 Å². The van der Waals surface area contributed by atoms with Crippen LogP contribution >= 0.6 is 0 Å². The number of benzene rings is 1. The van der Waals surface area contributed by atoms with Crippen LogP contribution in [-0.2, 0) is 22.6 Å². The normalized spacial score (nSPS) is 21.6. The van der Waals surface area contributed by atoms with Crippen LogP contribution in [0.2, 0.25) is 0 Å². The van der Waals surface area contributed by atoms with E-state index >= 15 is 0 Å². The lowest BCUT2D eigenvalue weighted by molar-refractivity contribution is -0.153. The number of hydrogen-bond donors (Lipinski definition) is 6. The molecule has 2 aliphatic rings. The summed E-state index contributed by atoms with van der Waals surface area (Å²) in [7, 11) is 2.10. The summed E-state index contributed by atoms with van der Waals surface area (Å²) >= 11 is 0. The van der Waals surface area contributed by atoms with Crippen molar-refractivity contribution < 1.29 is 34.8 Å². The van der Waals surface area contributed by atoms with Crippen LogP contribution in [0.15, 0.2) is 12.1 Å². The third kappa shape index (κ3) is 6.49. The molecule has 3 atom stereocenters. The van der Waals surface area contributed by atoms with E-state index in [1.807, 2.05) is 6.07 Å². The Bertz CT molecular complexity index is 961. The van der Waals surface area contributed by atoms with Gasteiger partial charge in [0.2, 0.25) is 5.91 Å². The number of piperidine rings is 1. The summed E-state index contributed by atoms with van der Waals surface area (Å²) in [5.74, 6) is -3.28. The van der Waals surface area contributed by atoms with Gasteiger partial charge in [0.25, 0.3) is 0 Å². The smallest absolute Gasteiger partial charge is 0.224 e. The van der Waals surface area contributed by atoms with Gasteiger partial charge in [-0.1, -0.05) is 6.07 Å². The average molecular weight is 506 g/mol. The summed E-state index contributed by atoms with van der Waals surface area (Å²) in [5.41, 5.74) is 4.84. The van der Waals surface area contributed by atoms with Gasteiger partial charge < -0.3 is 36.4 Å². The van der Waals surface area contributed by atoms with Crippen LogP contribution in [0.5, 0.6) is 5.75 Å². The molecule has 0 bridgehead atoms. The van der Waals surface area contributed by atoms with Crippen molar-refractivity contribution in [1.29, 1.82) is 0 Å². The molecule has 1 heterocycles. The predicted molar refractivity (Wildman–Crippen MR) is 132 cm³/mol. The molecule has 0 saturated carbocycles. The number of likely N-dealkylation sites (tertiary alicyclic amines) is 1. The number of phenols is 1. The number of aliphatic hydroxyl groups is 3. The highest BCUT2D eigenvalue weighted by Gasteiger charge is 2.45. The van der Waals surface area contributed by atoms with Gasteiger partial charge in [0.1, 0.15) is 11.4 Å². The number of carbonyl (C=O) groups is 3. The standard InChI is InChI=1S/C26H39N3O7/c1-29-7-4-19(5-8-29)28-14-17-2-3-21(32)25-20(17)11-16(12-22(25)33)10-18(6-9-30)26(36,15-31)23(34)13-24(27)35/h2-3,16,18-19,28,30-32,36H,4-15H2,1H3,(H2,27,35)/t16?,18?,26-/m1/s1. The van der Waals surface area contributed by atoms with Gasteiger partial charge in [0, 0.05) is 25.6 Å². The number of nitrogens with zero attached hydrogens (tertiary/aromatic N) is 1. The number of rotatable bonds is 12. The number of ketones is 2. The fraction of sp³-hybridized carbons (Fsp3) is 0.654. The van der Waals surface area contributed by atoms with Gasteiger partial charge in [-0.3, -0.25) is 14.4 Å². The molecule has 0 spiro atoms. The van der Waals surface area contributed by atoms with Crippen LogP contribution in [0.4, 0.5) is 0 Å². The van der Waals surface area contributed by atoms with Crippen molar-refractivity contribution in [1.82, 2.24) is 10.2 Å². The van der Waals surface area contributed by atoms with Gasteiger partial charge in [-0.15, -0.1) is 0 Å². The van der Waals surface area contributed by atoms with E-state index < -0.39 is 36.2 Å². The number of nitrogens with one attached hydrogen (secondary N) is 1. The van der Waals surface area contributed by atoms with E-state index in [0.717, 1.165) is 37.1 Å². The number of amides is 1. The maximum atomic E-state index is 13.1. The van der Waals surface area contributed by atoms with Gasteiger partial charge in [-0.25, -0.2) is 0 Å². The first-order valence-corrected chi connectivity index (χ1v) is 12.6. The van der Waals surface area contributed by atoms with Crippen molar-refractivity contribution in [2.45, 2.75) is 63.1 Å². The molecule has 0 aromatic heterocycles. The van der Waals surface area contributed by atoms with Crippen LogP contribution in [-0.4, -0.2) is 87.8 Å². The van der Waals surface area contributed by atoms with Crippen molar-refractivity contribution in [3.8, 4) is 5.75 Å². The largest absolute Gasteiger partial charge is 0.507 e. The Morgan fingerprint density at radius 2 is 1.92 bits per heavy atom.